The molecule has 0 fully saturated rings. The maximum absolute atomic E-state index is 13.3. The lowest BCUT2D eigenvalue weighted by atomic mass is 10.2. The summed E-state index contributed by atoms with van der Waals surface area (Å²) in [6.45, 7) is 2.28. The summed E-state index contributed by atoms with van der Waals surface area (Å²) in [5.41, 5.74) is 0.622. The molecule has 1 aromatic rings. The van der Waals surface area contributed by atoms with Crippen LogP contribution in [0.5, 0.6) is 5.75 Å². The van der Waals surface area contributed by atoms with Crippen molar-refractivity contribution in [2.45, 2.75) is 13.3 Å². The number of alkyl halides is 1. The van der Waals surface area contributed by atoms with Crippen molar-refractivity contribution in [1.82, 2.24) is 0 Å². The molecule has 0 aliphatic heterocycles. The first-order valence-corrected chi connectivity index (χ1v) is 5.31. The van der Waals surface area contributed by atoms with Crippen molar-refractivity contribution in [3.8, 4) is 5.75 Å². The second kappa shape index (κ2) is 5.22. The smallest absolute Gasteiger partial charge is 0.167 e. The zero-order valence-electron chi connectivity index (χ0n) is 7.52. The van der Waals surface area contributed by atoms with Gasteiger partial charge in [-0.3, -0.25) is 0 Å². The number of benzene rings is 1. The highest BCUT2D eigenvalue weighted by Crippen LogP contribution is 2.19. The number of rotatable bonds is 4. The number of hydrogen-bond acceptors (Lipinski definition) is 1. The first-order chi connectivity index (χ1) is 6.25. The minimum Gasteiger partial charge on any atom is -0.490 e. The molecule has 1 nitrogen and oxygen atoms in total. The third-order valence-electron chi connectivity index (χ3n) is 1.69. The van der Waals surface area contributed by atoms with Crippen LogP contribution in [-0.2, 0) is 0 Å². The molecule has 0 atom stereocenters. The Labute approximate surface area is 86.0 Å². The zero-order valence-corrected chi connectivity index (χ0v) is 9.10. The van der Waals surface area contributed by atoms with Crippen molar-refractivity contribution >= 4 is 15.9 Å². The topological polar surface area (TPSA) is 9.23 Å². The maximum atomic E-state index is 13.3. The minimum atomic E-state index is -0.253. The van der Waals surface area contributed by atoms with Crippen molar-refractivity contribution in [3.05, 3.63) is 29.6 Å². The van der Waals surface area contributed by atoms with Gasteiger partial charge in [-0.25, -0.2) is 4.39 Å². The van der Waals surface area contributed by atoms with E-state index in [9.17, 15) is 4.39 Å². The molecular weight excluding hydrogens is 235 g/mol. The lowest BCUT2D eigenvalue weighted by Crippen LogP contribution is -2.00. The predicted octanol–water partition coefficient (Wildman–Crippen LogP) is 3.30. The lowest BCUT2D eigenvalue weighted by molar-refractivity contribution is 0.302. The van der Waals surface area contributed by atoms with E-state index in [1.807, 2.05) is 0 Å². The Hall–Kier alpha value is -0.570. The summed E-state index contributed by atoms with van der Waals surface area (Å²) in [5, 5.41) is 0.875. The van der Waals surface area contributed by atoms with Crippen molar-refractivity contribution in [2.75, 3.05) is 11.9 Å². The third-order valence-corrected chi connectivity index (χ3v) is 2.25. The molecule has 0 aliphatic carbocycles. The van der Waals surface area contributed by atoms with Gasteiger partial charge in [-0.1, -0.05) is 28.1 Å². The molecule has 1 aromatic carbocycles. The van der Waals surface area contributed by atoms with Crippen LogP contribution in [0.15, 0.2) is 18.2 Å². The van der Waals surface area contributed by atoms with Crippen LogP contribution in [0.4, 0.5) is 4.39 Å². The first-order valence-electron chi connectivity index (χ1n) is 4.19. The van der Waals surface area contributed by atoms with Crippen LogP contribution in [0, 0.1) is 12.7 Å². The monoisotopic (exact) mass is 246 g/mol. The second-order valence-electron chi connectivity index (χ2n) is 2.78. The van der Waals surface area contributed by atoms with Gasteiger partial charge in [-0.15, -0.1) is 0 Å². The van der Waals surface area contributed by atoms with E-state index in [2.05, 4.69) is 15.9 Å². The van der Waals surface area contributed by atoms with Gasteiger partial charge < -0.3 is 4.74 Å². The fourth-order valence-corrected chi connectivity index (χ4v) is 1.20. The Morgan fingerprint density at radius 3 is 2.92 bits per heavy atom. The van der Waals surface area contributed by atoms with Crippen LogP contribution < -0.4 is 4.74 Å². The number of halogens is 2. The summed E-state index contributed by atoms with van der Waals surface area (Å²) in [5.74, 6) is 0.0954. The van der Waals surface area contributed by atoms with Gasteiger partial charge in [0.25, 0.3) is 0 Å². The molecule has 0 spiro atoms. The number of ether oxygens (including phenoxy) is 1. The molecule has 0 saturated carbocycles. The fraction of sp³-hybridized carbons (Fsp3) is 0.400. The van der Waals surface area contributed by atoms with Gasteiger partial charge in [0.2, 0.25) is 0 Å². The molecule has 1 rings (SSSR count). The summed E-state index contributed by atoms with van der Waals surface area (Å²) in [6, 6.07) is 5.17. The summed E-state index contributed by atoms with van der Waals surface area (Å²) >= 11 is 3.28. The summed E-state index contributed by atoms with van der Waals surface area (Å²) in [7, 11) is 0. The zero-order chi connectivity index (χ0) is 9.68. The van der Waals surface area contributed by atoms with Gasteiger partial charge in [-0.05, 0) is 25.0 Å². The van der Waals surface area contributed by atoms with E-state index >= 15 is 0 Å². The van der Waals surface area contributed by atoms with E-state index in [4.69, 9.17) is 4.74 Å². The van der Waals surface area contributed by atoms with Crippen LogP contribution in [0.25, 0.3) is 0 Å². The minimum absolute atomic E-state index is 0.253. The first kappa shape index (κ1) is 10.5. The molecule has 13 heavy (non-hydrogen) atoms. The molecule has 0 saturated heterocycles. The van der Waals surface area contributed by atoms with E-state index in [-0.39, 0.29) is 5.82 Å². The van der Waals surface area contributed by atoms with Gasteiger partial charge in [-0.2, -0.15) is 0 Å². The summed E-state index contributed by atoms with van der Waals surface area (Å²) in [6.07, 6.45) is 0.882. The fourth-order valence-electron chi connectivity index (χ4n) is 0.969. The largest absolute Gasteiger partial charge is 0.490 e. The molecule has 0 unspecified atom stereocenters. The van der Waals surface area contributed by atoms with E-state index in [0.29, 0.717) is 17.9 Å². The highest BCUT2D eigenvalue weighted by molar-refractivity contribution is 9.09. The Morgan fingerprint density at radius 1 is 1.46 bits per heavy atom. The van der Waals surface area contributed by atoms with Crippen LogP contribution >= 0.6 is 15.9 Å². The molecular formula is C10H12BrFO. The second-order valence-corrected chi connectivity index (χ2v) is 3.57. The molecule has 0 radical (unpaired) electrons. The van der Waals surface area contributed by atoms with Crippen LogP contribution in [-0.4, -0.2) is 11.9 Å². The van der Waals surface area contributed by atoms with E-state index in [0.717, 1.165) is 11.8 Å². The lowest BCUT2D eigenvalue weighted by Gasteiger charge is -2.06. The molecule has 0 bridgehead atoms. The highest BCUT2D eigenvalue weighted by atomic mass is 79.9. The predicted molar refractivity (Wildman–Crippen MR) is 55.0 cm³/mol. The van der Waals surface area contributed by atoms with E-state index in [1.165, 1.54) is 0 Å². The number of hydrogen-bond donors (Lipinski definition) is 0. The van der Waals surface area contributed by atoms with Crippen molar-refractivity contribution < 1.29 is 9.13 Å². The van der Waals surface area contributed by atoms with Crippen molar-refractivity contribution in [1.29, 1.82) is 0 Å². The van der Waals surface area contributed by atoms with Gasteiger partial charge in [0, 0.05) is 5.33 Å². The van der Waals surface area contributed by atoms with E-state index in [1.54, 1.807) is 25.1 Å². The van der Waals surface area contributed by atoms with Gasteiger partial charge in [0.15, 0.2) is 11.6 Å². The molecule has 0 heterocycles. The van der Waals surface area contributed by atoms with E-state index < -0.39 is 0 Å². The van der Waals surface area contributed by atoms with Crippen LogP contribution in [0.3, 0.4) is 0 Å². The Balaban J connectivity index is 2.61. The molecule has 72 valence electrons. The van der Waals surface area contributed by atoms with Gasteiger partial charge in [0.05, 0.1) is 6.61 Å². The molecule has 0 N–H and O–H groups in total. The number of aryl methyl sites for hydroxylation is 1. The molecule has 0 aromatic heterocycles. The third kappa shape index (κ3) is 2.99. The summed E-state index contributed by atoms with van der Waals surface area (Å²) in [4.78, 5) is 0. The average molecular weight is 247 g/mol. The van der Waals surface area contributed by atoms with Crippen LogP contribution in [0.2, 0.25) is 0 Å². The average Bonchev–Trinajstić information content (AvgIpc) is 2.13. The van der Waals surface area contributed by atoms with Crippen molar-refractivity contribution in [3.63, 3.8) is 0 Å². The molecule has 0 amide bonds. The molecule has 0 aliphatic rings. The quantitative estimate of drug-likeness (QED) is 0.586. The standard InChI is InChI=1S/C10H12BrFO/c1-8-4-2-5-9(10(8)12)13-7-3-6-11/h2,4-5H,3,6-7H2,1H3. The highest BCUT2D eigenvalue weighted by Gasteiger charge is 2.04. The van der Waals surface area contributed by atoms with Gasteiger partial charge in [0.1, 0.15) is 0 Å². The van der Waals surface area contributed by atoms with Gasteiger partial charge >= 0.3 is 0 Å². The van der Waals surface area contributed by atoms with Crippen LogP contribution in [0.1, 0.15) is 12.0 Å². The Bertz CT molecular complexity index is 276. The normalized spacial score (nSPS) is 10.1. The summed E-state index contributed by atoms with van der Waals surface area (Å²) < 4.78 is 18.5. The Kier molecular flexibility index (Phi) is 4.22. The SMILES string of the molecule is Cc1cccc(OCCCBr)c1F. The van der Waals surface area contributed by atoms with Crippen molar-refractivity contribution in [2.24, 2.45) is 0 Å². The Morgan fingerprint density at radius 2 is 2.23 bits per heavy atom. The molecule has 3 heteroatoms. The maximum Gasteiger partial charge on any atom is 0.167 e.